The van der Waals surface area contributed by atoms with E-state index in [0.717, 1.165) is 17.0 Å². The van der Waals surface area contributed by atoms with E-state index < -0.39 is 29.3 Å². The normalized spacial score (nSPS) is 12.0. The summed E-state index contributed by atoms with van der Waals surface area (Å²) in [7, 11) is 1.42. The minimum atomic E-state index is -4.45. The van der Waals surface area contributed by atoms with Crippen molar-refractivity contribution < 1.29 is 27.5 Å². The highest BCUT2D eigenvalue weighted by atomic mass is 19.4. The molecule has 0 fully saturated rings. The first-order valence-corrected chi connectivity index (χ1v) is 9.60. The lowest BCUT2D eigenvalue weighted by Crippen LogP contribution is -2.38. The number of benzene rings is 1. The number of carbonyl (C=O) groups is 2. The first kappa shape index (κ1) is 23.0. The lowest BCUT2D eigenvalue weighted by molar-refractivity contribution is -0.137. The van der Waals surface area contributed by atoms with Crippen molar-refractivity contribution in [1.82, 2.24) is 19.5 Å². The lowest BCUT2D eigenvalue weighted by Gasteiger charge is -2.24. The zero-order chi connectivity index (χ0) is 23.7. The van der Waals surface area contributed by atoms with Crippen molar-refractivity contribution in [3.8, 4) is 11.1 Å². The van der Waals surface area contributed by atoms with E-state index in [1.807, 2.05) is 0 Å². The predicted octanol–water partition coefficient (Wildman–Crippen LogP) is 4.22. The van der Waals surface area contributed by atoms with Gasteiger partial charge in [0.15, 0.2) is 5.65 Å². The number of carbonyl (C=O) groups excluding carboxylic acids is 2. The molecule has 0 bridgehead atoms. The van der Waals surface area contributed by atoms with Crippen LogP contribution in [0.4, 0.5) is 23.9 Å². The number of ether oxygens (including phenoxy) is 1. The van der Waals surface area contributed by atoms with E-state index in [2.05, 4.69) is 15.4 Å². The van der Waals surface area contributed by atoms with Gasteiger partial charge in [0.25, 0.3) is 0 Å². The Hall–Kier alpha value is -3.63. The van der Waals surface area contributed by atoms with Crippen LogP contribution in [0.15, 0.2) is 42.6 Å². The van der Waals surface area contributed by atoms with Crippen molar-refractivity contribution in [2.45, 2.75) is 32.5 Å². The molecule has 0 saturated heterocycles. The number of alkyl halides is 3. The zero-order valence-electron chi connectivity index (χ0n) is 17.9. The monoisotopic (exact) mass is 449 g/mol. The molecule has 0 radical (unpaired) electrons. The molecule has 2 heterocycles. The van der Waals surface area contributed by atoms with Gasteiger partial charge in [0, 0.05) is 18.8 Å². The number of rotatable bonds is 4. The Morgan fingerprint density at radius 3 is 2.50 bits per heavy atom. The quantitative estimate of drug-likeness (QED) is 0.644. The Kier molecular flexibility index (Phi) is 6.11. The van der Waals surface area contributed by atoms with Crippen LogP contribution in [0.25, 0.3) is 16.8 Å². The third-order valence-corrected chi connectivity index (χ3v) is 4.19. The SMILES string of the molecule is CN(CC(=O)Nc1nc2ccc(-c3cccc(C(F)(F)F)c3)cn2n1)C(=O)OC(C)(C)C. The number of nitrogens with one attached hydrogen (secondary N) is 1. The number of hydrogen-bond donors (Lipinski definition) is 1. The highest BCUT2D eigenvalue weighted by Gasteiger charge is 2.30. The fourth-order valence-electron chi connectivity index (χ4n) is 2.77. The Morgan fingerprint density at radius 2 is 1.84 bits per heavy atom. The number of halogens is 3. The highest BCUT2D eigenvalue weighted by molar-refractivity contribution is 5.92. The molecule has 0 atom stereocenters. The molecule has 2 aromatic heterocycles. The molecular formula is C21H22F3N5O3. The number of fused-ring (bicyclic) bond motifs is 1. The Balaban J connectivity index is 1.73. The average Bonchev–Trinajstić information content (AvgIpc) is 3.07. The molecule has 0 saturated carbocycles. The fraction of sp³-hybridized carbons (Fsp3) is 0.333. The Morgan fingerprint density at radius 1 is 1.12 bits per heavy atom. The number of nitrogens with zero attached hydrogens (tertiary/aromatic N) is 4. The largest absolute Gasteiger partial charge is 0.444 e. The molecule has 0 aliphatic rings. The molecule has 3 rings (SSSR count). The second-order valence-electron chi connectivity index (χ2n) is 8.12. The number of likely N-dealkylation sites (N-methyl/N-ethyl adjacent to an activating group) is 1. The van der Waals surface area contributed by atoms with Crippen molar-refractivity contribution in [1.29, 1.82) is 0 Å². The molecule has 3 aromatic rings. The van der Waals surface area contributed by atoms with E-state index in [1.165, 1.54) is 23.8 Å². The molecule has 1 N–H and O–H groups in total. The maximum absolute atomic E-state index is 13.0. The number of aromatic nitrogens is 3. The van der Waals surface area contributed by atoms with Crippen LogP contribution < -0.4 is 5.32 Å². The standard InChI is InChI=1S/C21H22F3N5O3/c1-20(2,3)32-19(31)28(4)12-17(30)26-18-25-16-9-8-14(11-29(16)27-18)13-6-5-7-15(10-13)21(22,23)24/h5-11H,12H2,1-4H3,(H,26,27,30). The molecule has 32 heavy (non-hydrogen) atoms. The molecule has 0 aliphatic heterocycles. The summed E-state index contributed by atoms with van der Waals surface area (Å²) < 4.78 is 45.5. The summed E-state index contributed by atoms with van der Waals surface area (Å²) in [4.78, 5) is 29.5. The minimum Gasteiger partial charge on any atom is -0.444 e. The molecule has 8 nitrogen and oxygen atoms in total. The van der Waals surface area contributed by atoms with Crippen molar-refractivity contribution in [3.63, 3.8) is 0 Å². The van der Waals surface area contributed by atoms with Crippen molar-refractivity contribution >= 4 is 23.6 Å². The van der Waals surface area contributed by atoms with Gasteiger partial charge in [-0.05, 0) is 50.6 Å². The molecule has 1 aromatic carbocycles. The second-order valence-corrected chi connectivity index (χ2v) is 8.12. The molecule has 0 spiro atoms. The van der Waals surface area contributed by atoms with Crippen LogP contribution in [0.1, 0.15) is 26.3 Å². The van der Waals surface area contributed by atoms with E-state index in [0.29, 0.717) is 16.8 Å². The number of anilines is 1. The first-order valence-electron chi connectivity index (χ1n) is 9.60. The molecule has 0 unspecified atom stereocenters. The van der Waals surface area contributed by atoms with Crippen LogP contribution in [-0.4, -0.2) is 50.7 Å². The molecule has 2 amide bonds. The Labute approximate surface area is 182 Å². The summed E-state index contributed by atoms with van der Waals surface area (Å²) in [5.74, 6) is -0.541. The number of hydrogen-bond acceptors (Lipinski definition) is 5. The number of amides is 2. The van der Waals surface area contributed by atoms with Gasteiger partial charge in [-0.1, -0.05) is 12.1 Å². The van der Waals surface area contributed by atoms with Crippen LogP contribution in [0.5, 0.6) is 0 Å². The van der Waals surface area contributed by atoms with E-state index in [4.69, 9.17) is 4.74 Å². The van der Waals surface area contributed by atoms with Crippen molar-refractivity contribution in [2.75, 3.05) is 18.9 Å². The first-order chi connectivity index (χ1) is 14.8. The van der Waals surface area contributed by atoms with E-state index in [-0.39, 0.29) is 12.5 Å². The summed E-state index contributed by atoms with van der Waals surface area (Å²) in [6.07, 6.45) is -3.58. The van der Waals surface area contributed by atoms with Crippen LogP contribution in [0.3, 0.4) is 0 Å². The van der Waals surface area contributed by atoms with Crippen molar-refractivity contribution in [2.24, 2.45) is 0 Å². The highest BCUT2D eigenvalue weighted by Crippen LogP contribution is 2.32. The summed E-state index contributed by atoms with van der Waals surface area (Å²) in [6, 6.07) is 8.12. The van der Waals surface area contributed by atoms with Gasteiger partial charge >= 0.3 is 12.3 Å². The average molecular weight is 449 g/mol. The van der Waals surface area contributed by atoms with Gasteiger partial charge in [-0.25, -0.2) is 9.31 Å². The van der Waals surface area contributed by atoms with Gasteiger partial charge in [0.05, 0.1) is 5.56 Å². The van der Waals surface area contributed by atoms with E-state index in [1.54, 1.807) is 39.0 Å². The van der Waals surface area contributed by atoms with Gasteiger partial charge < -0.3 is 9.64 Å². The summed E-state index contributed by atoms with van der Waals surface area (Å²) >= 11 is 0. The maximum atomic E-state index is 13.0. The third kappa shape index (κ3) is 5.74. The topological polar surface area (TPSA) is 88.8 Å². The van der Waals surface area contributed by atoms with Crippen LogP contribution >= 0.6 is 0 Å². The van der Waals surface area contributed by atoms with Crippen molar-refractivity contribution in [3.05, 3.63) is 48.2 Å². The van der Waals surface area contributed by atoms with Gasteiger partial charge in [-0.3, -0.25) is 10.1 Å². The van der Waals surface area contributed by atoms with E-state index in [9.17, 15) is 22.8 Å². The molecule has 11 heteroatoms. The second kappa shape index (κ2) is 8.48. The van der Waals surface area contributed by atoms with Crippen LogP contribution in [0.2, 0.25) is 0 Å². The predicted molar refractivity (Wildman–Crippen MR) is 111 cm³/mol. The van der Waals surface area contributed by atoms with Crippen LogP contribution in [-0.2, 0) is 15.7 Å². The molecule has 170 valence electrons. The molecule has 0 aliphatic carbocycles. The fourth-order valence-corrected chi connectivity index (χ4v) is 2.77. The third-order valence-electron chi connectivity index (χ3n) is 4.19. The van der Waals surface area contributed by atoms with Gasteiger partial charge in [-0.2, -0.15) is 18.2 Å². The number of pyridine rings is 1. The minimum absolute atomic E-state index is 0.00576. The Bertz CT molecular complexity index is 1150. The smallest absolute Gasteiger partial charge is 0.416 e. The van der Waals surface area contributed by atoms with Gasteiger partial charge in [-0.15, -0.1) is 5.10 Å². The van der Waals surface area contributed by atoms with Gasteiger partial charge in [0.2, 0.25) is 11.9 Å². The summed E-state index contributed by atoms with van der Waals surface area (Å²) in [5, 5.41) is 6.63. The summed E-state index contributed by atoms with van der Waals surface area (Å²) in [6.45, 7) is 4.87. The van der Waals surface area contributed by atoms with Crippen LogP contribution in [0, 0.1) is 0 Å². The maximum Gasteiger partial charge on any atom is 0.416 e. The molecular weight excluding hydrogens is 427 g/mol. The zero-order valence-corrected chi connectivity index (χ0v) is 17.9. The van der Waals surface area contributed by atoms with Gasteiger partial charge in [0.1, 0.15) is 12.1 Å². The lowest BCUT2D eigenvalue weighted by atomic mass is 10.0. The van der Waals surface area contributed by atoms with E-state index >= 15 is 0 Å². The summed E-state index contributed by atoms with van der Waals surface area (Å²) in [5.41, 5.74) is -0.201.